The third-order valence-corrected chi connectivity index (χ3v) is 2.76. The molecule has 0 aromatic rings. The Morgan fingerprint density at radius 2 is 1.59 bits per heavy atom. The molecule has 0 saturated heterocycles. The minimum atomic E-state index is -3.71. The first-order chi connectivity index (χ1) is 7.22. The van der Waals surface area contributed by atoms with E-state index in [0.717, 1.165) is 0 Å². The van der Waals surface area contributed by atoms with Gasteiger partial charge in [-0.15, -0.1) is 0 Å². The molecular formula is C9H19NNaO5P. The molecule has 8 heteroatoms. The number of hydrogen-bond donors (Lipinski definition) is 0. The Bertz CT molecular complexity index is 269. The molecule has 0 unspecified atom stereocenters. The third kappa shape index (κ3) is 10.1. The summed E-state index contributed by atoms with van der Waals surface area (Å²) >= 11 is 0. The van der Waals surface area contributed by atoms with E-state index in [2.05, 4.69) is 5.09 Å². The molecule has 0 rings (SSSR count). The van der Waals surface area contributed by atoms with Crippen LogP contribution in [0.2, 0.25) is 0 Å². The molecule has 0 aliphatic heterocycles. The maximum absolute atomic E-state index is 11.8. The molecule has 0 saturated carbocycles. The van der Waals surface area contributed by atoms with E-state index in [1.807, 2.05) is 0 Å². The number of nitrogens with zero attached hydrogens (tertiary/aromatic N) is 1. The summed E-state index contributed by atoms with van der Waals surface area (Å²) in [4.78, 5) is 11.3. The van der Waals surface area contributed by atoms with E-state index in [1.165, 1.54) is 0 Å². The van der Waals surface area contributed by atoms with E-state index in [4.69, 9.17) is 13.8 Å². The van der Waals surface area contributed by atoms with Gasteiger partial charge in [0.1, 0.15) is 5.60 Å². The van der Waals surface area contributed by atoms with Gasteiger partial charge >= 0.3 is 29.6 Å². The predicted molar refractivity (Wildman–Crippen MR) is 60.5 cm³/mol. The van der Waals surface area contributed by atoms with Crippen LogP contribution in [-0.4, -0.2) is 24.9 Å². The van der Waals surface area contributed by atoms with Gasteiger partial charge in [0.25, 0.3) is 7.75 Å². The van der Waals surface area contributed by atoms with E-state index in [9.17, 15) is 9.36 Å². The van der Waals surface area contributed by atoms with Crippen molar-refractivity contribution in [2.75, 3.05) is 13.2 Å². The first-order valence-corrected chi connectivity index (χ1v) is 6.57. The fraction of sp³-hybridized carbons (Fsp3) is 0.889. The standard InChI is InChI=1S/C9H20NO5P.Na/c1-6-13-16(12,14-7-2)10-8(11)15-9(3,4)5;/h6-7H2,1-5H3,(H,10,11,12);/q;+1/p-1. The minimum Gasteiger partial charge on any atom is -0.516 e. The second kappa shape index (κ2) is 8.51. The first kappa shape index (κ1) is 19.8. The fourth-order valence-electron chi connectivity index (χ4n) is 0.804. The van der Waals surface area contributed by atoms with Gasteiger partial charge in [0.15, 0.2) is 0 Å². The summed E-state index contributed by atoms with van der Waals surface area (Å²) in [5.74, 6) is 0. The monoisotopic (exact) mass is 275 g/mol. The zero-order valence-corrected chi connectivity index (χ0v) is 14.2. The van der Waals surface area contributed by atoms with Gasteiger partial charge in [-0.3, -0.25) is 9.36 Å². The van der Waals surface area contributed by atoms with E-state index in [1.54, 1.807) is 34.6 Å². The van der Waals surface area contributed by atoms with Gasteiger partial charge < -0.3 is 18.9 Å². The summed E-state index contributed by atoms with van der Waals surface area (Å²) in [6.07, 6.45) is -0.947. The van der Waals surface area contributed by atoms with Crippen molar-refractivity contribution in [3.8, 4) is 0 Å². The molecule has 0 aromatic heterocycles. The van der Waals surface area contributed by atoms with Crippen LogP contribution in [-0.2, 0) is 18.3 Å². The molecule has 0 radical (unpaired) electrons. The molecule has 6 nitrogen and oxygen atoms in total. The van der Waals surface area contributed by atoms with Crippen molar-refractivity contribution in [2.24, 2.45) is 0 Å². The van der Waals surface area contributed by atoms with Gasteiger partial charge in [-0.2, -0.15) is 0 Å². The van der Waals surface area contributed by atoms with Crippen molar-refractivity contribution in [1.82, 2.24) is 0 Å². The molecule has 0 spiro atoms. The van der Waals surface area contributed by atoms with Crippen LogP contribution in [0.1, 0.15) is 34.6 Å². The quantitative estimate of drug-likeness (QED) is 0.539. The normalized spacial score (nSPS) is 11.6. The number of carbonyl (C=O) groups is 1. The minimum absolute atomic E-state index is 0. The first-order valence-electron chi connectivity index (χ1n) is 5.08. The van der Waals surface area contributed by atoms with Crippen LogP contribution in [0.4, 0.5) is 4.79 Å². The van der Waals surface area contributed by atoms with Crippen molar-refractivity contribution < 1.29 is 52.7 Å². The molecule has 0 aliphatic rings. The van der Waals surface area contributed by atoms with Gasteiger partial charge in [-0.05, 0) is 34.6 Å². The van der Waals surface area contributed by atoms with Crippen LogP contribution in [0.3, 0.4) is 0 Å². The average Bonchev–Trinajstić information content (AvgIpc) is 1.99. The van der Waals surface area contributed by atoms with Crippen LogP contribution < -0.4 is 29.6 Å². The van der Waals surface area contributed by atoms with Gasteiger partial charge in [0.05, 0.1) is 13.2 Å². The molecular weight excluding hydrogens is 256 g/mol. The second-order valence-electron chi connectivity index (χ2n) is 3.88. The van der Waals surface area contributed by atoms with Crippen molar-refractivity contribution in [1.29, 1.82) is 0 Å². The van der Waals surface area contributed by atoms with Crippen molar-refractivity contribution >= 4 is 13.8 Å². The molecule has 96 valence electrons. The smallest absolute Gasteiger partial charge is 0.516 e. The Hall–Kier alpha value is 0.420. The summed E-state index contributed by atoms with van der Waals surface area (Å²) in [6, 6.07) is 0. The van der Waals surface area contributed by atoms with Crippen LogP contribution in [0.15, 0.2) is 0 Å². The Balaban J connectivity index is 0. The van der Waals surface area contributed by atoms with Crippen LogP contribution in [0, 0.1) is 0 Å². The second-order valence-corrected chi connectivity index (χ2v) is 5.54. The molecule has 17 heavy (non-hydrogen) atoms. The number of amides is 1. The van der Waals surface area contributed by atoms with Crippen LogP contribution in [0.5, 0.6) is 0 Å². The average molecular weight is 275 g/mol. The molecule has 0 aromatic carbocycles. The molecule has 0 bridgehead atoms. The summed E-state index contributed by atoms with van der Waals surface area (Å²) < 4.78 is 26.3. The zero-order chi connectivity index (χ0) is 12.8. The fourth-order valence-corrected chi connectivity index (χ4v) is 1.89. The van der Waals surface area contributed by atoms with E-state index in [-0.39, 0.29) is 42.8 Å². The Morgan fingerprint density at radius 3 is 1.88 bits per heavy atom. The SMILES string of the molecule is CCOP(=O)([N-]C(=O)OC(C)(C)C)OCC.[Na+]. The van der Waals surface area contributed by atoms with Crippen molar-refractivity contribution in [3.63, 3.8) is 0 Å². The number of hydrogen-bond acceptors (Lipinski definition) is 5. The Labute approximate surface area is 125 Å². The molecule has 0 atom stereocenters. The number of carbonyl (C=O) groups excluding carboxylic acids is 1. The number of rotatable bonds is 5. The van der Waals surface area contributed by atoms with Gasteiger partial charge in [0.2, 0.25) is 6.09 Å². The summed E-state index contributed by atoms with van der Waals surface area (Å²) in [5.41, 5.74) is -0.691. The maximum Gasteiger partial charge on any atom is 1.00 e. The summed E-state index contributed by atoms with van der Waals surface area (Å²) in [7, 11) is -3.71. The number of ether oxygens (including phenoxy) is 1. The molecule has 0 N–H and O–H groups in total. The maximum atomic E-state index is 11.8. The Morgan fingerprint density at radius 1 is 1.18 bits per heavy atom. The van der Waals surface area contributed by atoms with E-state index >= 15 is 0 Å². The van der Waals surface area contributed by atoms with Crippen molar-refractivity contribution in [3.05, 3.63) is 5.09 Å². The molecule has 1 amide bonds. The largest absolute Gasteiger partial charge is 1.00 e. The third-order valence-electron chi connectivity index (χ3n) is 1.18. The Kier molecular flexibility index (Phi) is 9.89. The summed E-state index contributed by atoms with van der Waals surface area (Å²) in [5, 5.41) is 3.32. The van der Waals surface area contributed by atoms with Crippen molar-refractivity contribution in [2.45, 2.75) is 40.2 Å². The van der Waals surface area contributed by atoms with Gasteiger partial charge in [0, 0.05) is 0 Å². The topological polar surface area (TPSA) is 75.9 Å². The zero-order valence-electron chi connectivity index (χ0n) is 11.3. The van der Waals surface area contributed by atoms with Gasteiger partial charge in [-0.1, -0.05) is 0 Å². The molecule has 0 heterocycles. The predicted octanol–water partition coefficient (Wildman–Crippen LogP) is 0.480. The van der Waals surface area contributed by atoms with Gasteiger partial charge in [-0.25, -0.2) is 0 Å². The van der Waals surface area contributed by atoms with E-state index in [0.29, 0.717) is 0 Å². The van der Waals surface area contributed by atoms with Crippen LogP contribution >= 0.6 is 7.75 Å². The molecule has 0 fully saturated rings. The molecule has 0 aliphatic carbocycles. The van der Waals surface area contributed by atoms with E-state index < -0.39 is 19.4 Å². The summed E-state index contributed by atoms with van der Waals surface area (Å²) in [6.45, 7) is 8.62. The van der Waals surface area contributed by atoms with Crippen LogP contribution in [0.25, 0.3) is 5.09 Å².